The molecule has 0 aliphatic heterocycles. The second-order valence-electron chi connectivity index (χ2n) is 7.96. The van der Waals surface area contributed by atoms with Crippen LogP contribution in [0.4, 0.5) is 5.82 Å². The minimum atomic E-state index is -0.360. The molecule has 2 aromatic rings. The van der Waals surface area contributed by atoms with Gasteiger partial charge in [0.1, 0.15) is 5.82 Å². The van der Waals surface area contributed by atoms with Crippen molar-refractivity contribution in [3.05, 3.63) is 52.6 Å². The fraction of sp³-hybridized carbons (Fsp3) is 0.524. The average molecular weight is 370 g/mol. The Labute approximate surface area is 161 Å². The molecule has 3 rings (SSSR count). The van der Waals surface area contributed by atoms with Crippen molar-refractivity contribution >= 4 is 5.82 Å². The summed E-state index contributed by atoms with van der Waals surface area (Å²) in [5.74, 6) is 0.956. The highest BCUT2D eigenvalue weighted by molar-refractivity contribution is 5.36. The summed E-state index contributed by atoms with van der Waals surface area (Å²) in [4.78, 5) is 18.2. The number of aromatic nitrogens is 2. The first kappa shape index (κ1) is 19.6. The Morgan fingerprint density at radius 1 is 1.26 bits per heavy atom. The van der Waals surface area contributed by atoms with Gasteiger partial charge < -0.3 is 16.4 Å². The molecule has 2 unspecified atom stereocenters. The van der Waals surface area contributed by atoms with Gasteiger partial charge in [0.15, 0.2) is 0 Å². The van der Waals surface area contributed by atoms with E-state index < -0.39 is 0 Å². The number of nitrogen functional groups attached to an aromatic ring is 1. The van der Waals surface area contributed by atoms with Crippen molar-refractivity contribution < 1.29 is 0 Å². The van der Waals surface area contributed by atoms with E-state index in [1.807, 2.05) is 12.1 Å². The summed E-state index contributed by atoms with van der Waals surface area (Å²) in [7, 11) is 2.21. The van der Waals surface area contributed by atoms with Gasteiger partial charge in [-0.15, -0.1) is 0 Å². The molecule has 1 aliphatic carbocycles. The molecular formula is C21H31N5O. The van der Waals surface area contributed by atoms with E-state index in [4.69, 9.17) is 11.5 Å². The minimum Gasteiger partial charge on any atom is -0.383 e. The first-order valence-corrected chi connectivity index (χ1v) is 9.82. The molecule has 27 heavy (non-hydrogen) atoms. The number of benzene rings is 1. The summed E-state index contributed by atoms with van der Waals surface area (Å²) in [5, 5.41) is 0. The van der Waals surface area contributed by atoms with Crippen molar-refractivity contribution in [3.63, 3.8) is 0 Å². The van der Waals surface area contributed by atoms with Gasteiger partial charge in [-0.25, -0.2) is 4.79 Å². The molecule has 4 N–H and O–H groups in total. The summed E-state index contributed by atoms with van der Waals surface area (Å²) in [5.41, 5.74) is 13.4. The second-order valence-corrected chi connectivity index (χ2v) is 7.96. The maximum atomic E-state index is 12.0. The standard InChI is InChI=1S/C21H31N5O/c1-15(25(2)14-17-4-3-5-18(22)13-17)12-16-6-8-19(9-7-16)26-11-10-20(23)24-21(26)27/h6-11,15,17-18H,3-5,12-14,22H2,1-2H3,(H2,23,24,27)/t15?,17?,18-/m0/s1. The van der Waals surface area contributed by atoms with Crippen molar-refractivity contribution in [2.75, 3.05) is 19.3 Å². The molecule has 6 nitrogen and oxygen atoms in total. The van der Waals surface area contributed by atoms with E-state index >= 15 is 0 Å². The monoisotopic (exact) mass is 369 g/mol. The van der Waals surface area contributed by atoms with Gasteiger partial charge in [-0.3, -0.25) is 4.57 Å². The van der Waals surface area contributed by atoms with Gasteiger partial charge in [-0.05, 0) is 69.3 Å². The zero-order chi connectivity index (χ0) is 19.4. The van der Waals surface area contributed by atoms with Crippen LogP contribution in [0.25, 0.3) is 5.69 Å². The lowest BCUT2D eigenvalue weighted by Gasteiger charge is -2.33. The SMILES string of the molecule is CC(Cc1ccc(-n2ccc(N)nc2=O)cc1)N(C)CC1CCC[C@H](N)C1. The summed E-state index contributed by atoms with van der Waals surface area (Å²) >= 11 is 0. The average Bonchev–Trinajstić information content (AvgIpc) is 2.62. The lowest BCUT2D eigenvalue weighted by Crippen LogP contribution is -2.38. The number of nitrogens with zero attached hydrogens (tertiary/aromatic N) is 3. The van der Waals surface area contributed by atoms with E-state index in [1.54, 1.807) is 12.3 Å². The molecule has 1 aliphatic rings. The highest BCUT2D eigenvalue weighted by atomic mass is 16.1. The van der Waals surface area contributed by atoms with Crippen LogP contribution >= 0.6 is 0 Å². The summed E-state index contributed by atoms with van der Waals surface area (Å²) in [6.45, 7) is 3.38. The van der Waals surface area contributed by atoms with E-state index in [0.29, 0.717) is 18.0 Å². The number of likely N-dealkylation sites (N-methyl/N-ethyl adjacent to an activating group) is 1. The fourth-order valence-electron chi connectivity index (χ4n) is 3.99. The van der Waals surface area contributed by atoms with Gasteiger partial charge in [0, 0.05) is 24.8 Å². The smallest absolute Gasteiger partial charge is 0.354 e. The van der Waals surface area contributed by atoms with E-state index in [-0.39, 0.29) is 11.5 Å². The quantitative estimate of drug-likeness (QED) is 0.815. The van der Waals surface area contributed by atoms with Gasteiger partial charge in [0.2, 0.25) is 0 Å². The van der Waals surface area contributed by atoms with Gasteiger partial charge in [-0.2, -0.15) is 4.98 Å². The Morgan fingerprint density at radius 2 is 2.00 bits per heavy atom. The van der Waals surface area contributed by atoms with Gasteiger partial charge >= 0.3 is 5.69 Å². The summed E-state index contributed by atoms with van der Waals surface area (Å²) in [6.07, 6.45) is 7.51. The van der Waals surface area contributed by atoms with Crippen molar-refractivity contribution in [2.24, 2.45) is 11.7 Å². The molecule has 0 saturated heterocycles. The van der Waals surface area contributed by atoms with Crippen LogP contribution in [0.1, 0.15) is 38.2 Å². The molecule has 1 saturated carbocycles. The van der Waals surface area contributed by atoms with Gasteiger partial charge in [0.05, 0.1) is 5.69 Å². The molecule has 146 valence electrons. The minimum absolute atomic E-state index is 0.239. The molecule has 0 amide bonds. The molecule has 1 aromatic carbocycles. The van der Waals surface area contributed by atoms with Crippen LogP contribution in [0.5, 0.6) is 0 Å². The van der Waals surface area contributed by atoms with Crippen LogP contribution in [-0.4, -0.2) is 40.1 Å². The highest BCUT2D eigenvalue weighted by Crippen LogP contribution is 2.24. The largest absolute Gasteiger partial charge is 0.383 e. The lowest BCUT2D eigenvalue weighted by molar-refractivity contribution is 0.183. The Hall–Kier alpha value is -2.18. The zero-order valence-corrected chi connectivity index (χ0v) is 16.3. The van der Waals surface area contributed by atoms with Crippen LogP contribution in [0.15, 0.2) is 41.3 Å². The summed E-state index contributed by atoms with van der Waals surface area (Å²) < 4.78 is 1.50. The Morgan fingerprint density at radius 3 is 2.67 bits per heavy atom. The molecule has 0 bridgehead atoms. The van der Waals surface area contributed by atoms with Crippen LogP contribution in [0.3, 0.4) is 0 Å². The van der Waals surface area contributed by atoms with Crippen molar-refractivity contribution in [1.82, 2.24) is 14.5 Å². The van der Waals surface area contributed by atoms with Crippen molar-refractivity contribution in [2.45, 2.75) is 51.1 Å². The molecule has 1 fully saturated rings. The van der Waals surface area contributed by atoms with Crippen LogP contribution < -0.4 is 17.2 Å². The van der Waals surface area contributed by atoms with Gasteiger partial charge in [-0.1, -0.05) is 18.6 Å². The van der Waals surface area contributed by atoms with Crippen LogP contribution in [-0.2, 0) is 6.42 Å². The molecule has 0 radical (unpaired) electrons. The topological polar surface area (TPSA) is 90.2 Å². The molecular weight excluding hydrogens is 338 g/mol. The van der Waals surface area contributed by atoms with Gasteiger partial charge in [0.25, 0.3) is 0 Å². The van der Waals surface area contributed by atoms with E-state index in [0.717, 1.165) is 25.1 Å². The van der Waals surface area contributed by atoms with E-state index in [2.05, 4.69) is 36.0 Å². The van der Waals surface area contributed by atoms with E-state index in [1.165, 1.54) is 29.4 Å². The first-order chi connectivity index (χ1) is 12.9. The Kier molecular flexibility index (Phi) is 6.29. The number of rotatable bonds is 6. The fourth-order valence-corrected chi connectivity index (χ4v) is 3.99. The number of hydrogen-bond donors (Lipinski definition) is 2. The number of nitrogens with two attached hydrogens (primary N) is 2. The van der Waals surface area contributed by atoms with Crippen LogP contribution in [0.2, 0.25) is 0 Å². The predicted molar refractivity (Wildman–Crippen MR) is 110 cm³/mol. The third-order valence-corrected chi connectivity index (χ3v) is 5.69. The lowest BCUT2D eigenvalue weighted by atomic mass is 9.85. The maximum absolute atomic E-state index is 12.0. The predicted octanol–water partition coefficient (Wildman–Crippen LogP) is 2.19. The normalized spacial score (nSPS) is 21.3. The molecule has 0 spiro atoms. The zero-order valence-electron chi connectivity index (χ0n) is 16.3. The Balaban J connectivity index is 1.59. The van der Waals surface area contributed by atoms with E-state index in [9.17, 15) is 4.79 Å². The molecule has 3 atom stereocenters. The highest BCUT2D eigenvalue weighted by Gasteiger charge is 2.22. The number of hydrogen-bond acceptors (Lipinski definition) is 5. The summed E-state index contributed by atoms with van der Waals surface area (Å²) in [6, 6.07) is 10.5. The third-order valence-electron chi connectivity index (χ3n) is 5.69. The number of anilines is 1. The molecule has 1 aromatic heterocycles. The second kappa shape index (κ2) is 8.67. The first-order valence-electron chi connectivity index (χ1n) is 9.82. The van der Waals surface area contributed by atoms with Crippen molar-refractivity contribution in [1.29, 1.82) is 0 Å². The van der Waals surface area contributed by atoms with Crippen molar-refractivity contribution in [3.8, 4) is 5.69 Å². The Bertz CT molecular complexity index is 801. The maximum Gasteiger partial charge on any atom is 0.354 e. The molecule has 1 heterocycles. The third kappa shape index (κ3) is 5.17. The molecule has 6 heteroatoms. The van der Waals surface area contributed by atoms with Crippen LogP contribution in [0, 0.1) is 5.92 Å².